The smallest absolute Gasteiger partial charge is 0.244 e. The van der Waals surface area contributed by atoms with Crippen molar-refractivity contribution in [3.05, 3.63) is 63.6 Å². The normalized spacial score (nSPS) is 12.7. The molecule has 0 spiro atoms. The minimum absolute atomic E-state index is 0.122. The maximum absolute atomic E-state index is 13.5. The minimum atomic E-state index is -3.83. The number of nitrogens with one attached hydrogen (secondary N) is 1. The molecule has 2 amide bonds. The third-order valence-electron chi connectivity index (χ3n) is 4.71. The number of carbonyl (C=O) groups is 2. The fraction of sp³-hybridized carbons (Fsp3) is 0.391. The van der Waals surface area contributed by atoms with E-state index in [0.29, 0.717) is 0 Å². The van der Waals surface area contributed by atoms with E-state index in [2.05, 4.69) is 21.2 Å². The lowest BCUT2D eigenvalue weighted by molar-refractivity contribution is -0.140. The number of rotatable bonds is 8. The van der Waals surface area contributed by atoms with Crippen LogP contribution in [0.2, 0.25) is 5.02 Å². The summed E-state index contributed by atoms with van der Waals surface area (Å²) in [5, 5.41) is 3.08. The number of amides is 2. The zero-order valence-electron chi connectivity index (χ0n) is 19.3. The Kier molecular flexibility index (Phi) is 8.95. The number of hydrogen-bond acceptors (Lipinski definition) is 4. The quantitative estimate of drug-likeness (QED) is 0.526. The van der Waals surface area contributed by atoms with Crippen molar-refractivity contribution in [2.75, 3.05) is 17.1 Å². The van der Waals surface area contributed by atoms with Gasteiger partial charge in [-0.05, 0) is 57.5 Å². The third-order valence-corrected chi connectivity index (χ3v) is 6.65. The molecule has 0 aliphatic carbocycles. The Morgan fingerprint density at radius 2 is 1.76 bits per heavy atom. The Labute approximate surface area is 209 Å². The summed E-state index contributed by atoms with van der Waals surface area (Å²) in [5.74, 6) is -0.869. The molecule has 33 heavy (non-hydrogen) atoms. The Hall–Kier alpha value is -2.10. The summed E-state index contributed by atoms with van der Waals surface area (Å²) in [6.07, 6.45) is 1.01. The van der Waals surface area contributed by atoms with Crippen molar-refractivity contribution < 1.29 is 18.0 Å². The second-order valence-electron chi connectivity index (χ2n) is 8.79. The van der Waals surface area contributed by atoms with Crippen LogP contribution < -0.4 is 9.62 Å². The molecular formula is C23H29BrClN3O4S. The predicted octanol–water partition coefficient (Wildman–Crippen LogP) is 4.20. The SMILES string of the molecule is C[C@@H](C(=O)NC(C)(C)C)N(Cc1cccc(Br)c1)C(=O)CN(c1ccccc1Cl)S(C)(=O)=O. The summed E-state index contributed by atoms with van der Waals surface area (Å²) >= 11 is 9.64. The van der Waals surface area contributed by atoms with Gasteiger partial charge < -0.3 is 10.2 Å². The van der Waals surface area contributed by atoms with Gasteiger partial charge in [0.1, 0.15) is 12.6 Å². The van der Waals surface area contributed by atoms with Crippen LogP contribution in [0.4, 0.5) is 5.69 Å². The second-order valence-corrected chi connectivity index (χ2v) is 12.0. The van der Waals surface area contributed by atoms with Gasteiger partial charge in [0.05, 0.1) is 17.0 Å². The van der Waals surface area contributed by atoms with Gasteiger partial charge in [0.15, 0.2) is 0 Å². The average molecular weight is 559 g/mol. The Balaban J connectivity index is 2.42. The molecule has 2 aromatic rings. The van der Waals surface area contributed by atoms with E-state index in [9.17, 15) is 18.0 Å². The number of hydrogen-bond donors (Lipinski definition) is 1. The number of benzene rings is 2. The van der Waals surface area contributed by atoms with E-state index in [1.54, 1.807) is 25.1 Å². The predicted molar refractivity (Wildman–Crippen MR) is 136 cm³/mol. The number of carbonyl (C=O) groups excluding carboxylic acids is 2. The lowest BCUT2D eigenvalue weighted by Gasteiger charge is -2.33. The summed E-state index contributed by atoms with van der Waals surface area (Å²) in [6, 6.07) is 12.9. The molecule has 0 fully saturated rings. The molecule has 1 N–H and O–H groups in total. The van der Waals surface area contributed by atoms with Gasteiger partial charge in [-0.3, -0.25) is 13.9 Å². The van der Waals surface area contributed by atoms with Crippen LogP contribution in [-0.4, -0.2) is 49.5 Å². The topological polar surface area (TPSA) is 86.8 Å². The molecule has 0 radical (unpaired) electrons. The molecular weight excluding hydrogens is 530 g/mol. The largest absolute Gasteiger partial charge is 0.350 e. The zero-order valence-corrected chi connectivity index (χ0v) is 22.5. The van der Waals surface area contributed by atoms with Crippen molar-refractivity contribution in [1.29, 1.82) is 0 Å². The van der Waals surface area contributed by atoms with Crippen molar-refractivity contribution in [3.8, 4) is 0 Å². The molecule has 0 unspecified atom stereocenters. The second kappa shape index (κ2) is 10.9. The first-order valence-corrected chi connectivity index (χ1v) is 13.3. The number of halogens is 2. The standard InChI is InChI=1S/C23H29BrClN3O4S/c1-16(22(30)26-23(2,3)4)27(14-17-9-8-10-18(24)13-17)21(29)15-28(33(5,31)32)20-12-7-6-11-19(20)25/h6-13,16H,14-15H2,1-5H3,(H,26,30)/t16-/m0/s1. The first-order chi connectivity index (χ1) is 15.2. The van der Waals surface area contributed by atoms with Crippen molar-refractivity contribution in [1.82, 2.24) is 10.2 Å². The van der Waals surface area contributed by atoms with E-state index in [1.165, 1.54) is 11.0 Å². The molecule has 7 nitrogen and oxygen atoms in total. The van der Waals surface area contributed by atoms with Gasteiger partial charge >= 0.3 is 0 Å². The molecule has 2 rings (SSSR count). The molecule has 0 aliphatic heterocycles. The van der Waals surface area contributed by atoms with Gasteiger partial charge in [-0.2, -0.15) is 0 Å². The van der Waals surface area contributed by atoms with Crippen LogP contribution in [0.15, 0.2) is 53.0 Å². The van der Waals surface area contributed by atoms with Crippen molar-refractivity contribution in [3.63, 3.8) is 0 Å². The summed E-state index contributed by atoms with van der Waals surface area (Å²) < 4.78 is 26.9. The highest BCUT2D eigenvalue weighted by atomic mass is 79.9. The van der Waals surface area contributed by atoms with Crippen LogP contribution >= 0.6 is 27.5 Å². The van der Waals surface area contributed by atoms with E-state index < -0.39 is 34.1 Å². The van der Waals surface area contributed by atoms with Crippen LogP contribution in [0.1, 0.15) is 33.3 Å². The molecule has 180 valence electrons. The molecule has 1 atom stereocenters. The minimum Gasteiger partial charge on any atom is -0.350 e. The van der Waals surface area contributed by atoms with Gasteiger partial charge in [0.2, 0.25) is 21.8 Å². The molecule has 0 saturated heterocycles. The average Bonchev–Trinajstić information content (AvgIpc) is 2.68. The molecule has 0 aliphatic rings. The molecule has 2 aromatic carbocycles. The lowest BCUT2D eigenvalue weighted by atomic mass is 10.1. The van der Waals surface area contributed by atoms with Crippen molar-refractivity contribution in [2.45, 2.75) is 45.8 Å². The molecule has 10 heteroatoms. The zero-order chi connectivity index (χ0) is 25.0. The molecule has 0 saturated carbocycles. The summed E-state index contributed by atoms with van der Waals surface area (Å²) in [6.45, 7) is 6.79. The van der Waals surface area contributed by atoms with Crippen LogP contribution in [0.3, 0.4) is 0 Å². The molecule has 0 bridgehead atoms. The van der Waals surface area contributed by atoms with Gasteiger partial charge in [0.25, 0.3) is 0 Å². The summed E-state index contributed by atoms with van der Waals surface area (Å²) in [4.78, 5) is 27.7. The number of nitrogens with zero attached hydrogens (tertiary/aromatic N) is 2. The van der Waals surface area contributed by atoms with E-state index in [-0.39, 0.29) is 23.2 Å². The van der Waals surface area contributed by atoms with E-state index in [4.69, 9.17) is 11.6 Å². The van der Waals surface area contributed by atoms with E-state index >= 15 is 0 Å². The van der Waals surface area contributed by atoms with Gasteiger partial charge in [0, 0.05) is 16.6 Å². The number of sulfonamides is 1. The highest BCUT2D eigenvalue weighted by Crippen LogP contribution is 2.27. The number of para-hydroxylation sites is 1. The van der Waals surface area contributed by atoms with E-state index in [1.807, 2.05) is 45.0 Å². The lowest BCUT2D eigenvalue weighted by Crippen LogP contribution is -2.54. The van der Waals surface area contributed by atoms with Crippen molar-refractivity contribution in [2.24, 2.45) is 0 Å². The van der Waals surface area contributed by atoms with Crippen LogP contribution in [0, 0.1) is 0 Å². The third kappa shape index (κ3) is 8.01. The first kappa shape index (κ1) is 27.1. The fourth-order valence-electron chi connectivity index (χ4n) is 3.14. The summed E-state index contributed by atoms with van der Waals surface area (Å²) in [5.41, 5.74) is 0.493. The van der Waals surface area contributed by atoms with E-state index in [0.717, 1.165) is 20.6 Å². The Morgan fingerprint density at radius 3 is 2.30 bits per heavy atom. The van der Waals surface area contributed by atoms with Crippen molar-refractivity contribution >= 4 is 55.1 Å². The van der Waals surface area contributed by atoms with Crippen LogP contribution in [0.5, 0.6) is 0 Å². The van der Waals surface area contributed by atoms with Crippen LogP contribution in [-0.2, 0) is 26.2 Å². The molecule has 0 heterocycles. The summed E-state index contributed by atoms with van der Waals surface area (Å²) in [7, 11) is -3.83. The van der Waals surface area contributed by atoms with Gasteiger partial charge in [-0.15, -0.1) is 0 Å². The number of anilines is 1. The van der Waals surface area contributed by atoms with Gasteiger partial charge in [-0.1, -0.05) is 51.8 Å². The Morgan fingerprint density at radius 1 is 1.12 bits per heavy atom. The maximum atomic E-state index is 13.5. The van der Waals surface area contributed by atoms with Gasteiger partial charge in [-0.25, -0.2) is 8.42 Å². The highest BCUT2D eigenvalue weighted by Gasteiger charge is 2.31. The van der Waals surface area contributed by atoms with Crippen LogP contribution in [0.25, 0.3) is 0 Å². The highest BCUT2D eigenvalue weighted by molar-refractivity contribution is 9.10. The Bertz CT molecular complexity index is 1120. The first-order valence-electron chi connectivity index (χ1n) is 10.3. The monoisotopic (exact) mass is 557 g/mol. The fourth-order valence-corrected chi connectivity index (χ4v) is 4.73. The molecule has 0 aromatic heterocycles. The maximum Gasteiger partial charge on any atom is 0.244 e.